The number of guanidine groups is 1. The minimum absolute atomic E-state index is 0. The van der Waals surface area contributed by atoms with E-state index >= 15 is 0 Å². The van der Waals surface area contributed by atoms with E-state index in [2.05, 4.69) is 44.8 Å². The smallest absolute Gasteiger partial charge is 0.191 e. The van der Waals surface area contributed by atoms with E-state index in [1.165, 1.54) is 17.4 Å². The van der Waals surface area contributed by atoms with Gasteiger partial charge >= 0.3 is 0 Å². The SMILES string of the molecule is CN=C(NCCc1ccc(S(C)(=O)=O)cc1)NCc1cccc(CN2CCOCC2)c1.I. The highest BCUT2D eigenvalue weighted by molar-refractivity contribution is 14.0. The fraction of sp³-hybridized carbons (Fsp3) is 0.435. The van der Waals surface area contributed by atoms with Gasteiger partial charge in [0.1, 0.15) is 0 Å². The second kappa shape index (κ2) is 13.1. The molecule has 32 heavy (non-hydrogen) atoms. The molecule has 0 saturated carbocycles. The number of halogens is 1. The van der Waals surface area contributed by atoms with Crippen molar-refractivity contribution in [1.29, 1.82) is 0 Å². The molecule has 1 saturated heterocycles. The number of ether oxygens (including phenoxy) is 1. The lowest BCUT2D eigenvalue weighted by atomic mass is 10.1. The van der Waals surface area contributed by atoms with Crippen LogP contribution >= 0.6 is 24.0 Å². The largest absolute Gasteiger partial charge is 0.379 e. The van der Waals surface area contributed by atoms with Crippen LogP contribution < -0.4 is 10.6 Å². The zero-order valence-corrected chi connectivity index (χ0v) is 21.9. The molecule has 0 aromatic heterocycles. The second-order valence-corrected chi connectivity index (χ2v) is 9.74. The Morgan fingerprint density at radius 2 is 1.72 bits per heavy atom. The average Bonchev–Trinajstić information content (AvgIpc) is 2.77. The maximum Gasteiger partial charge on any atom is 0.191 e. The van der Waals surface area contributed by atoms with Gasteiger partial charge in [0.25, 0.3) is 0 Å². The maximum atomic E-state index is 11.6. The zero-order valence-electron chi connectivity index (χ0n) is 18.7. The van der Waals surface area contributed by atoms with E-state index in [-0.39, 0.29) is 24.0 Å². The van der Waals surface area contributed by atoms with Crippen LogP contribution in [0.1, 0.15) is 16.7 Å². The summed E-state index contributed by atoms with van der Waals surface area (Å²) in [6.07, 6.45) is 2.00. The van der Waals surface area contributed by atoms with E-state index in [4.69, 9.17) is 4.74 Å². The van der Waals surface area contributed by atoms with Crippen molar-refractivity contribution >= 4 is 39.8 Å². The van der Waals surface area contributed by atoms with Crippen molar-refractivity contribution in [3.63, 3.8) is 0 Å². The Morgan fingerprint density at radius 3 is 2.38 bits per heavy atom. The molecule has 1 fully saturated rings. The van der Waals surface area contributed by atoms with Gasteiger partial charge in [-0.15, -0.1) is 24.0 Å². The number of hydrogen-bond donors (Lipinski definition) is 2. The highest BCUT2D eigenvalue weighted by Gasteiger charge is 2.11. The molecule has 9 heteroatoms. The predicted molar refractivity (Wildman–Crippen MR) is 139 cm³/mol. The quantitative estimate of drug-likeness (QED) is 0.288. The molecule has 1 aliphatic heterocycles. The maximum absolute atomic E-state index is 11.6. The molecule has 2 aromatic rings. The van der Waals surface area contributed by atoms with Crippen molar-refractivity contribution in [3.8, 4) is 0 Å². The third-order valence-electron chi connectivity index (χ3n) is 5.24. The van der Waals surface area contributed by atoms with Crippen LogP contribution in [0.2, 0.25) is 0 Å². The number of sulfone groups is 1. The summed E-state index contributed by atoms with van der Waals surface area (Å²) in [7, 11) is -1.40. The van der Waals surface area contributed by atoms with Crippen molar-refractivity contribution in [2.75, 3.05) is 46.2 Å². The summed E-state index contributed by atoms with van der Waals surface area (Å²) in [4.78, 5) is 7.05. The van der Waals surface area contributed by atoms with Gasteiger partial charge < -0.3 is 15.4 Å². The van der Waals surface area contributed by atoms with Gasteiger partial charge in [-0.2, -0.15) is 0 Å². The first kappa shape index (κ1) is 26.6. The lowest BCUT2D eigenvalue weighted by Crippen LogP contribution is -2.38. The van der Waals surface area contributed by atoms with Gasteiger partial charge in [0.2, 0.25) is 0 Å². The first-order chi connectivity index (χ1) is 14.9. The molecule has 1 heterocycles. The van der Waals surface area contributed by atoms with Gasteiger partial charge in [-0.1, -0.05) is 36.4 Å². The summed E-state index contributed by atoms with van der Waals surface area (Å²) >= 11 is 0. The number of aliphatic imine (C=N–C) groups is 1. The van der Waals surface area contributed by atoms with Crippen molar-refractivity contribution in [2.45, 2.75) is 24.4 Å². The molecule has 3 rings (SSSR count). The van der Waals surface area contributed by atoms with Crippen molar-refractivity contribution in [1.82, 2.24) is 15.5 Å². The van der Waals surface area contributed by atoms with Crippen LogP contribution in [-0.4, -0.2) is 65.4 Å². The molecular weight excluding hydrogens is 539 g/mol. The highest BCUT2D eigenvalue weighted by Crippen LogP contribution is 2.11. The molecule has 2 aromatic carbocycles. The predicted octanol–water partition coefficient (Wildman–Crippen LogP) is 2.45. The first-order valence-electron chi connectivity index (χ1n) is 10.6. The van der Waals surface area contributed by atoms with Crippen LogP contribution in [0, 0.1) is 0 Å². The number of nitrogens with one attached hydrogen (secondary N) is 2. The molecule has 7 nitrogen and oxygen atoms in total. The van der Waals surface area contributed by atoms with Crippen LogP contribution in [0.3, 0.4) is 0 Å². The minimum Gasteiger partial charge on any atom is -0.379 e. The van der Waals surface area contributed by atoms with Crippen molar-refractivity contribution in [3.05, 3.63) is 65.2 Å². The summed E-state index contributed by atoms with van der Waals surface area (Å²) in [5.41, 5.74) is 3.60. The van der Waals surface area contributed by atoms with Crippen LogP contribution in [0.25, 0.3) is 0 Å². The summed E-state index contributed by atoms with van der Waals surface area (Å²) in [6, 6.07) is 15.6. The van der Waals surface area contributed by atoms with Crippen LogP contribution in [-0.2, 0) is 34.1 Å². The molecule has 0 bridgehead atoms. The number of morpholine rings is 1. The van der Waals surface area contributed by atoms with Crippen LogP contribution in [0.4, 0.5) is 0 Å². The van der Waals surface area contributed by atoms with Gasteiger partial charge in [0, 0.05) is 46.0 Å². The Hall–Kier alpha value is -1.69. The Bertz CT molecular complexity index is 975. The fourth-order valence-electron chi connectivity index (χ4n) is 3.49. The lowest BCUT2D eigenvalue weighted by molar-refractivity contribution is 0.0342. The van der Waals surface area contributed by atoms with Gasteiger partial charge in [-0.3, -0.25) is 9.89 Å². The number of hydrogen-bond acceptors (Lipinski definition) is 5. The molecule has 0 unspecified atom stereocenters. The molecule has 0 aliphatic carbocycles. The molecule has 2 N–H and O–H groups in total. The first-order valence-corrected chi connectivity index (χ1v) is 12.4. The van der Waals surface area contributed by atoms with Crippen LogP contribution in [0.15, 0.2) is 58.4 Å². The van der Waals surface area contributed by atoms with Gasteiger partial charge in [-0.05, 0) is 35.2 Å². The molecule has 0 radical (unpaired) electrons. The molecular formula is C23H33IN4O3S. The Kier molecular flexibility index (Phi) is 10.9. The average molecular weight is 573 g/mol. The number of rotatable bonds is 8. The molecule has 1 aliphatic rings. The molecule has 0 spiro atoms. The lowest BCUT2D eigenvalue weighted by Gasteiger charge is -2.26. The van der Waals surface area contributed by atoms with Crippen LogP contribution in [0.5, 0.6) is 0 Å². The van der Waals surface area contributed by atoms with E-state index in [1.54, 1.807) is 19.2 Å². The highest BCUT2D eigenvalue weighted by atomic mass is 127. The third-order valence-corrected chi connectivity index (χ3v) is 6.37. The molecule has 176 valence electrons. The van der Waals surface area contributed by atoms with Gasteiger partial charge in [0.05, 0.1) is 18.1 Å². The third kappa shape index (κ3) is 8.68. The van der Waals surface area contributed by atoms with E-state index in [1.807, 2.05) is 12.1 Å². The molecule has 0 amide bonds. The Balaban J connectivity index is 0.00000363. The van der Waals surface area contributed by atoms with Gasteiger partial charge in [-0.25, -0.2) is 8.42 Å². The topological polar surface area (TPSA) is 83.0 Å². The number of benzene rings is 2. The monoisotopic (exact) mass is 572 g/mol. The Labute approximate surface area is 208 Å². The van der Waals surface area contributed by atoms with Gasteiger partial charge in [0.15, 0.2) is 15.8 Å². The minimum atomic E-state index is -3.16. The van der Waals surface area contributed by atoms with Crippen molar-refractivity contribution < 1.29 is 13.2 Å². The molecule has 0 atom stereocenters. The zero-order chi connectivity index (χ0) is 22.1. The summed E-state index contributed by atoms with van der Waals surface area (Å²) in [5, 5.41) is 6.67. The standard InChI is InChI=1S/C23H32N4O3S.HI/c1-24-23(25-11-10-19-6-8-22(9-7-19)31(2,28)29)26-17-20-4-3-5-21(16-20)18-27-12-14-30-15-13-27;/h3-9,16H,10-15,17-18H2,1-2H3,(H2,24,25,26);1H. The fourth-order valence-corrected chi connectivity index (χ4v) is 4.12. The summed E-state index contributed by atoms with van der Waals surface area (Å²) < 4.78 is 28.5. The normalized spacial score (nSPS) is 15.1. The number of nitrogens with zero attached hydrogens (tertiary/aromatic N) is 2. The van der Waals surface area contributed by atoms with E-state index in [0.717, 1.165) is 50.8 Å². The van der Waals surface area contributed by atoms with E-state index in [0.29, 0.717) is 18.0 Å². The summed E-state index contributed by atoms with van der Waals surface area (Å²) in [5.74, 6) is 0.742. The summed E-state index contributed by atoms with van der Waals surface area (Å²) in [6.45, 7) is 5.93. The Morgan fingerprint density at radius 1 is 1.03 bits per heavy atom. The van der Waals surface area contributed by atoms with Crippen molar-refractivity contribution in [2.24, 2.45) is 4.99 Å². The van der Waals surface area contributed by atoms with E-state index in [9.17, 15) is 8.42 Å². The second-order valence-electron chi connectivity index (χ2n) is 7.73. The van der Waals surface area contributed by atoms with E-state index < -0.39 is 9.84 Å².